The van der Waals surface area contributed by atoms with Crippen LogP contribution in [-0.4, -0.2) is 46.8 Å². The molecule has 0 bridgehead atoms. The van der Waals surface area contributed by atoms with E-state index in [4.69, 9.17) is 9.63 Å². The molecule has 0 aromatic carbocycles. The Kier molecular flexibility index (Phi) is 4.33. The molecule has 1 heterocycles. The van der Waals surface area contributed by atoms with Gasteiger partial charge < -0.3 is 9.63 Å². The van der Waals surface area contributed by atoms with Crippen LogP contribution in [0, 0.1) is 6.92 Å². The second-order valence-electron chi connectivity index (χ2n) is 4.66. The summed E-state index contributed by atoms with van der Waals surface area (Å²) in [5.41, 5.74) is 0.733. The van der Waals surface area contributed by atoms with E-state index in [2.05, 4.69) is 10.5 Å². The highest BCUT2D eigenvalue weighted by Gasteiger charge is 2.26. The number of hydrogen-bond acceptors (Lipinski definition) is 5. The first-order valence-corrected chi connectivity index (χ1v) is 6.27. The van der Waals surface area contributed by atoms with Crippen molar-refractivity contribution in [1.82, 2.24) is 10.1 Å². The Bertz CT molecular complexity index is 401. The third-order valence-electron chi connectivity index (χ3n) is 3.22. The monoisotopic (exact) mass is 253 g/mol. The zero-order chi connectivity index (χ0) is 13.0. The quantitative estimate of drug-likeness (QED) is 0.783. The van der Waals surface area contributed by atoms with E-state index in [9.17, 15) is 4.79 Å². The molecule has 0 aliphatic heterocycles. The maximum atomic E-state index is 11.8. The summed E-state index contributed by atoms with van der Waals surface area (Å²) in [5, 5.41) is 15.4. The van der Waals surface area contributed by atoms with Crippen LogP contribution in [-0.2, 0) is 4.79 Å². The predicted molar refractivity (Wildman–Crippen MR) is 66.2 cm³/mol. The third kappa shape index (κ3) is 3.30. The van der Waals surface area contributed by atoms with Gasteiger partial charge in [-0.15, -0.1) is 0 Å². The van der Waals surface area contributed by atoms with E-state index in [1.54, 1.807) is 13.0 Å². The largest absolute Gasteiger partial charge is 0.395 e. The topological polar surface area (TPSA) is 78.6 Å². The van der Waals surface area contributed by atoms with Crippen molar-refractivity contribution in [2.45, 2.75) is 32.2 Å². The highest BCUT2D eigenvalue weighted by Crippen LogP contribution is 2.24. The van der Waals surface area contributed by atoms with E-state index in [1.807, 2.05) is 4.90 Å². The molecular formula is C12H19N3O3. The van der Waals surface area contributed by atoms with E-state index in [1.165, 1.54) is 6.42 Å². The van der Waals surface area contributed by atoms with Crippen LogP contribution in [0.2, 0.25) is 0 Å². The van der Waals surface area contributed by atoms with Crippen molar-refractivity contribution in [3.05, 3.63) is 11.8 Å². The lowest BCUT2D eigenvalue weighted by atomic mass is 9.91. The first-order chi connectivity index (χ1) is 8.69. The molecule has 6 nitrogen and oxygen atoms in total. The molecule has 2 rings (SSSR count). The molecule has 1 aromatic rings. The Morgan fingerprint density at radius 2 is 2.44 bits per heavy atom. The number of nitrogens with one attached hydrogen (secondary N) is 1. The minimum atomic E-state index is -0.133. The zero-order valence-electron chi connectivity index (χ0n) is 10.6. The number of amides is 1. The van der Waals surface area contributed by atoms with Crippen molar-refractivity contribution in [2.24, 2.45) is 0 Å². The Labute approximate surface area is 106 Å². The Balaban J connectivity index is 1.84. The van der Waals surface area contributed by atoms with Gasteiger partial charge >= 0.3 is 0 Å². The fourth-order valence-corrected chi connectivity index (χ4v) is 2.05. The average molecular weight is 253 g/mol. The minimum Gasteiger partial charge on any atom is -0.395 e. The smallest absolute Gasteiger partial charge is 0.240 e. The van der Waals surface area contributed by atoms with Crippen molar-refractivity contribution in [2.75, 3.05) is 25.0 Å². The van der Waals surface area contributed by atoms with Gasteiger partial charge in [0.1, 0.15) is 0 Å². The summed E-state index contributed by atoms with van der Waals surface area (Å²) >= 11 is 0. The molecule has 100 valence electrons. The van der Waals surface area contributed by atoms with Crippen LogP contribution < -0.4 is 5.32 Å². The second kappa shape index (κ2) is 5.97. The summed E-state index contributed by atoms with van der Waals surface area (Å²) in [7, 11) is 0. The minimum absolute atomic E-state index is 0.0746. The average Bonchev–Trinajstić information content (AvgIpc) is 2.61. The number of hydrogen-bond donors (Lipinski definition) is 2. The van der Waals surface area contributed by atoms with Crippen LogP contribution >= 0.6 is 0 Å². The maximum absolute atomic E-state index is 11.8. The number of carbonyl (C=O) groups is 1. The van der Waals surface area contributed by atoms with E-state index in [-0.39, 0.29) is 19.1 Å². The number of nitrogens with zero attached hydrogens (tertiary/aromatic N) is 2. The summed E-state index contributed by atoms with van der Waals surface area (Å²) in [5.74, 6) is 0.238. The summed E-state index contributed by atoms with van der Waals surface area (Å²) < 4.78 is 4.93. The SMILES string of the molecule is Cc1cc(NC(=O)CN(CCO)C2CCC2)on1. The molecule has 1 fully saturated rings. The third-order valence-corrected chi connectivity index (χ3v) is 3.22. The van der Waals surface area contributed by atoms with E-state index in [0.29, 0.717) is 18.5 Å². The summed E-state index contributed by atoms with van der Waals surface area (Å²) in [6.07, 6.45) is 3.42. The molecule has 18 heavy (non-hydrogen) atoms. The Hall–Kier alpha value is -1.40. The maximum Gasteiger partial charge on any atom is 0.240 e. The lowest BCUT2D eigenvalue weighted by Gasteiger charge is -2.36. The molecule has 1 aliphatic rings. The highest BCUT2D eigenvalue weighted by molar-refractivity contribution is 5.91. The van der Waals surface area contributed by atoms with Gasteiger partial charge in [0.15, 0.2) is 0 Å². The first kappa shape index (κ1) is 13.0. The lowest BCUT2D eigenvalue weighted by Crippen LogP contribution is -2.45. The summed E-state index contributed by atoms with van der Waals surface area (Å²) in [6.45, 7) is 2.69. The first-order valence-electron chi connectivity index (χ1n) is 6.27. The van der Waals surface area contributed by atoms with Crippen molar-refractivity contribution < 1.29 is 14.4 Å². The molecular weight excluding hydrogens is 234 g/mol. The van der Waals surface area contributed by atoms with Gasteiger partial charge in [0.25, 0.3) is 0 Å². The molecule has 0 atom stereocenters. The van der Waals surface area contributed by atoms with Gasteiger partial charge in [0.05, 0.1) is 18.8 Å². The number of aromatic nitrogens is 1. The fraction of sp³-hybridized carbons (Fsp3) is 0.667. The van der Waals surface area contributed by atoms with Crippen molar-refractivity contribution in [3.63, 3.8) is 0 Å². The lowest BCUT2D eigenvalue weighted by molar-refractivity contribution is -0.118. The van der Waals surface area contributed by atoms with Crippen molar-refractivity contribution in [3.8, 4) is 0 Å². The molecule has 0 radical (unpaired) electrons. The molecule has 2 N–H and O–H groups in total. The van der Waals surface area contributed by atoms with E-state index >= 15 is 0 Å². The number of anilines is 1. The van der Waals surface area contributed by atoms with Gasteiger partial charge in [-0.3, -0.25) is 15.0 Å². The summed E-state index contributed by atoms with van der Waals surface area (Å²) in [6, 6.07) is 2.11. The predicted octanol–water partition coefficient (Wildman–Crippen LogP) is 0.768. The van der Waals surface area contributed by atoms with Gasteiger partial charge in [-0.25, -0.2) is 0 Å². The number of rotatable bonds is 6. The van der Waals surface area contributed by atoms with E-state index in [0.717, 1.165) is 18.5 Å². The standard InChI is InChI=1S/C12H19N3O3/c1-9-7-12(18-14-9)13-11(17)8-15(5-6-16)10-3-2-4-10/h7,10,16H,2-6,8H2,1H3,(H,13,17). The van der Waals surface area contributed by atoms with Crippen LogP contribution in [0.25, 0.3) is 0 Å². The second-order valence-corrected chi connectivity index (χ2v) is 4.66. The number of aryl methyl sites for hydroxylation is 1. The molecule has 1 aromatic heterocycles. The van der Waals surface area contributed by atoms with Gasteiger partial charge in [-0.2, -0.15) is 0 Å². The van der Waals surface area contributed by atoms with Gasteiger partial charge in [-0.05, 0) is 19.8 Å². The molecule has 1 saturated carbocycles. The van der Waals surface area contributed by atoms with Gasteiger partial charge in [-0.1, -0.05) is 11.6 Å². The van der Waals surface area contributed by atoms with Crippen LogP contribution in [0.1, 0.15) is 25.0 Å². The van der Waals surface area contributed by atoms with Crippen LogP contribution in [0.4, 0.5) is 5.88 Å². The fourth-order valence-electron chi connectivity index (χ4n) is 2.05. The molecule has 1 amide bonds. The number of aliphatic hydroxyl groups excluding tert-OH is 1. The van der Waals surface area contributed by atoms with Crippen molar-refractivity contribution in [1.29, 1.82) is 0 Å². The normalized spacial score (nSPS) is 15.7. The van der Waals surface area contributed by atoms with Crippen LogP contribution in [0.3, 0.4) is 0 Å². The van der Waals surface area contributed by atoms with Crippen LogP contribution in [0.15, 0.2) is 10.6 Å². The Morgan fingerprint density at radius 1 is 1.67 bits per heavy atom. The molecule has 6 heteroatoms. The molecule has 1 aliphatic carbocycles. The van der Waals surface area contributed by atoms with Gasteiger partial charge in [0, 0.05) is 18.7 Å². The Morgan fingerprint density at radius 3 is 2.94 bits per heavy atom. The molecule has 0 spiro atoms. The zero-order valence-corrected chi connectivity index (χ0v) is 10.6. The van der Waals surface area contributed by atoms with Crippen LogP contribution in [0.5, 0.6) is 0 Å². The molecule has 0 saturated heterocycles. The number of carbonyl (C=O) groups excluding carboxylic acids is 1. The van der Waals surface area contributed by atoms with Crippen molar-refractivity contribution >= 4 is 11.8 Å². The molecule has 0 unspecified atom stereocenters. The van der Waals surface area contributed by atoms with Gasteiger partial charge in [0.2, 0.25) is 11.8 Å². The van der Waals surface area contributed by atoms with E-state index < -0.39 is 0 Å². The number of aliphatic hydroxyl groups is 1. The summed E-state index contributed by atoms with van der Waals surface area (Å²) in [4.78, 5) is 13.8. The highest BCUT2D eigenvalue weighted by atomic mass is 16.5.